The molecule has 6 nitrogen and oxygen atoms in total. The Balaban J connectivity index is 2.14. The van der Waals surface area contributed by atoms with E-state index < -0.39 is 19.2 Å². The number of carbonyl (C=O) groups is 1. The number of carbonyl (C=O) groups excluding carboxylic acids is 1. The number of benzene rings is 2. The molecule has 0 aliphatic carbocycles. The van der Waals surface area contributed by atoms with Crippen molar-refractivity contribution in [1.29, 1.82) is 5.26 Å². The quantitative estimate of drug-likeness (QED) is 0.563. The number of rotatable bonds is 5. The Kier molecular flexibility index (Phi) is 5.71. The Morgan fingerprint density at radius 3 is 2.71 bits per heavy atom. The summed E-state index contributed by atoms with van der Waals surface area (Å²) in [5.74, 6) is -0.849. The highest BCUT2D eigenvalue weighted by Crippen LogP contribution is 2.55. The minimum atomic E-state index is -4.89. The van der Waals surface area contributed by atoms with Gasteiger partial charge in [0.2, 0.25) is 0 Å². The molecule has 2 aromatic carbocycles. The van der Waals surface area contributed by atoms with Gasteiger partial charge in [-0.15, -0.1) is 11.3 Å². The fourth-order valence-corrected chi connectivity index (χ4v) is 5.10. The number of anilines is 1. The maximum Gasteiger partial charge on any atom is 0.342 e. The van der Waals surface area contributed by atoms with Gasteiger partial charge >= 0.3 is 7.60 Å². The van der Waals surface area contributed by atoms with Crippen LogP contribution in [0.4, 0.5) is 5.69 Å². The van der Waals surface area contributed by atoms with Crippen LogP contribution in [-0.2, 0) is 9.36 Å². The summed E-state index contributed by atoms with van der Waals surface area (Å²) in [6, 6.07) is 13.1. The zero-order valence-electron chi connectivity index (χ0n) is 14.3. The molecule has 142 valence electrons. The molecule has 1 amide bonds. The van der Waals surface area contributed by atoms with Gasteiger partial charge in [-0.3, -0.25) is 14.3 Å². The molecule has 0 fully saturated rings. The van der Waals surface area contributed by atoms with Crippen molar-refractivity contribution in [2.24, 2.45) is 0 Å². The summed E-state index contributed by atoms with van der Waals surface area (Å²) < 4.78 is 13.1. The number of fused-ring (bicyclic) bond motifs is 1. The van der Waals surface area contributed by atoms with Gasteiger partial charge in [-0.2, -0.15) is 5.26 Å². The Labute approximate surface area is 170 Å². The van der Waals surface area contributed by atoms with Crippen LogP contribution in [0.1, 0.15) is 16.8 Å². The Bertz CT molecular complexity index is 1160. The van der Waals surface area contributed by atoms with Gasteiger partial charge < -0.3 is 9.79 Å². The maximum absolute atomic E-state index is 13.2. The molecule has 1 heterocycles. The van der Waals surface area contributed by atoms with Crippen LogP contribution in [0.15, 0.2) is 60.6 Å². The lowest BCUT2D eigenvalue weighted by molar-refractivity contribution is -0.118. The first-order chi connectivity index (χ1) is 13.3. The van der Waals surface area contributed by atoms with Crippen LogP contribution in [0, 0.1) is 11.3 Å². The van der Waals surface area contributed by atoms with Crippen molar-refractivity contribution in [3.05, 3.63) is 76.8 Å². The molecule has 0 saturated carbocycles. The number of amides is 1. The first kappa shape index (κ1) is 20.3. The van der Waals surface area contributed by atoms with E-state index in [2.05, 4.69) is 6.58 Å². The van der Waals surface area contributed by atoms with E-state index in [1.165, 1.54) is 23.6 Å². The summed E-state index contributed by atoms with van der Waals surface area (Å²) in [5.41, 5.74) is -0.944. The number of hydrogen-bond acceptors (Lipinski definition) is 4. The lowest BCUT2D eigenvalue weighted by atomic mass is 10.1. The SMILES string of the molecule is C=CN(C(=O)C(c1csc2ccc(Cl)cc12)P(=O)(O)O)c1cccc(C#N)c1. The van der Waals surface area contributed by atoms with Crippen LogP contribution < -0.4 is 4.90 Å². The average molecular weight is 433 g/mol. The van der Waals surface area contributed by atoms with Crippen LogP contribution in [-0.4, -0.2) is 15.7 Å². The lowest BCUT2D eigenvalue weighted by Gasteiger charge is -2.25. The van der Waals surface area contributed by atoms with Gasteiger partial charge in [-0.25, -0.2) is 0 Å². The second kappa shape index (κ2) is 7.88. The first-order valence-electron chi connectivity index (χ1n) is 7.94. The van der Waals surface area contributed by atoms with E-state index in [-0.39, 0.29) is 11.3 Å². The largest absolute Gasteiger partial charge is 0.342 e. The third-order valence-electron chi connectivity index (χ3n) is 4.10. The molecule has 0 bridgehead atoms. The zero-order valence-corrected chi connectivity index (χ0v) is 16.8. The van der Waals surface area contributed by atoms with E-state index in [9.17, 15) is 19.1 Å². The van der Waals surface area contributed by atoms with E-state index in [0.29, 0.717) is 16.0 Å². The topological polar surface area (TPSA) is 102 Å². The van der Waals surface area contributed by atoms with Crippen LogP contribution in [0.5, 0.6) is 0 Å². The monoisotopic (exact) mass is 432 g/mol. The minimum Gasteiger partial charge on any atom is -0.324 e. The third-order valence-corrected chi connectivity index (χ3v) is 6.49. The molecule has 1 atom stereocenters. The molecule has 3 rings (SSSR count). The van der Waals surface area contributed by atoms with Crippen molar-refractivity contribution in [1.82, 2.24) is 0 Å². The minimum absolute atomic E-state index is 0.198. The highest BCUT2D eigenvalue weighted by Gasteiger charge is 2.41. The fourth-order valence-electron chi connectivity index (χ4n) is 2.87. The summed E-state index contributed by atoms with van der Waals surface area (Å²) >= 11 is 7.30. The number of thiophene rings is 1. The summed E-state index contributed by atoms with van der Waals surface area (Å²) in [6.45, 7) is 3.59. The Morgan fingerprint density at radius 2 is 2.07 bits per heavy atom. The number of hydrogen-bond donors (Lipinski definition) is 2. The van der Waals surface area contributed by atoms with Crippen molar-refractivity contribution in [3.8, 4) is 6.07 Å². The van der Waals surface area contributed by atoms with Gasteiger partial charge in [0.05, 0.1) is 11.6 Å². The van der Waals surface area contributed by atoms with Gasteiger partial charge in [0.1, 0.15) is 0 Å². The molecule has 2 N–H and O–H groups in total. The highest BCUT2D eigenvalue weighted by atomic mass is 35.5. The molecule has 0 radical (unpaired) electrons. The summed E-state index contributed by atoms with van der Waals surface area (Å²) in [7, 11) is -4.89. The van der Waals surface area contributed by atoms with Gasteiger partial charge in [0, 0.05) is 21.6 Å². The molecule has 0 aliphatic heterocycles. The Hall–Kier alpha value is -2.46. The van der Waals surface area contributed by atoms with Crippen LogP contribution in [0.3, 0.4) is 0 Å². The molecule has 9 heteroatoms. The third kappa shape index (κ3) is 3.88. The van der Waals surface area contributed by atoms with Crippen LogP contribution >= 0.6 is 30.5 Å². The van der Waals surface area contributed by atoms with Gasteiger partial charge in [-0.05, 0) is 52.7 Å². The average Bonchev–Trinajstić information content (AvgIpc) is 3.04. The van der Waals surface area contributed by atoms with E-state index in [0.717, 1.165) is 9.60 Å². The molecule has 28 heavy (non-hydrogen) atoms. The fraction of sp³-hybridized carbons (Fsp3) is 0.0526. The van der Waals surface area contributed by atoms with Crippen molar-refractivity contribution in [2.45, 2.75) is 5.66 Å². The number of nitrogens with zero attached hydrogens (tertiary/aromatic N) is 2. The van der Waals surface area contributed by atoms with Crippen molar-refractivity contribution >= 4 is 52.2 Å². The van der Waals surface area contributed by atoms with E-state index in [4.69, 9.17) is 16.9 Å². The van der Waals surface area contributed by atoms with Gasteiger partial charge in [0.25, 0.3) is 5.91 Å². The van der Waals surface area contributed by atoms with Crippen molar-refractivity contribution in [2.75, 3.05) is 4.90 Å². The number of nitriles is 1. The molecule has 0 spiro atoms. The standard InChI is InChI=1S/C19H14ClN2O4PS/c1-2-22(14-5-3-4-12(8-14)10-21)19(23)18(27(24,25)26)16-11-28-17-7-6-13(20)9-15(16)17/h2-9,11,18H,1H2,(H2,24,25,26). The van der Waals surface area contributed by atoms with Crippen LogP contribution in [0.2, 0.25) is 5.02 Å². The normalized spacial score (nSPS) is 12.4. The Morgan fingerprint density at radius 1 is 1.32 bits per heavy atom. The van der Waals surface area contributed by atoms with E-state index in [1.807, 2.05) is 6.07 Å². The van der Waals surface area contributed by atoms with Gasteiger partial charge in [0.15, 0.2) is 5.66 Å². The van der Waals surface area contributed by atoms with Crippen LogP contribution in [0.25, 0.3) is 10.1 Å². The molecule has 0 aliphatic rings. The van der Waals surface area contributed by atoms with E-state index in [1.54, 1.807) is 41.8 Å². The lowest BCUT2D eigenvalue weighted by Crippen LogP contribution is -2.30. The van der Waals surface area contributed by atoms with E-state index >= 15 is 0 Å². The maximum atomic E-state index is 13.2. The predicted octanol–water partition coefficient (Wildman–Crippen LogP) is 4.82. The molecular formula is C19H14ClN2O4PS. The zero-order chi connectivity index (χ0) is 20.5. The first-order valence-corrected chi connectivity index (χ1v) is 10.9. The molecule has 1 aromatic heterocycles. The molecule has 1 unspecified atom stereocenters. The van der Waals surface area contributed by atoms with Crippen molar-refractivity contribution in [3.63, 3.8) is 0 Å². The summed E-state index contributed by atoms with van der Waals surface area (Å²) in [6.07, 6.45) is 1.17. The van der Waals surface area contributed by atoms with Gasteiger partial charge in [-0.1, -0.05) is 24.2 Å². The molecule has 3 aromatic rings. The summed E-state index contributed by atoms with van der Waals surface area (Å²) in [4.78, 5) is 34.2. The molecule has 0 saturated heterocycles. The highest BCUT2D eigenvalue weighted by molar-refractivity contribution is 7.53. The predicted molar refractivity (Wildman–Crippen MR) is 110 cm³/mol. The molecular weight excluding hydrogens is 419 g/mol. The second-order valence-corrected chi connectivity index (χ2v) is 8.92. The number of halogens is 1. The smallest absolute Gasteiger partial charge is 0.324 e. The van der Waals surface area contributed by atoms with Crippen molar-refractivity contribution < 1.29 is 19.1 Å². The summed E-state index contributed by atoms with van der Waals surface area (Å²) in [5, 5.41) is 11.5. The second-order valence-electron chi connectivity index (χ2n) is 5.88.